The Morgan fingerprint density at radius 2 is 1.92 bits per heavy atom. The first-order valence-corrected chi connectivity index (χ1v) is 5.06. The Balaban J connectivity index is 3.76. The van der Waals surface area contributed by atoms with E-state index in [-0.39, 0.29) is 13.0 Å². The highest BCUT2D eigenvalue weighted by molar-refractivity contribution is 4.81. The van der Waals surface area contributed by atoms with E-state index in [0.29, 0.717) is 6.42 Å². The van der Waals surface area contributed by atoms with E-state index in [0.717, 1.165) is 19.3 Å². The average Bonchev–Trinajstić information content (AvgIpc) is 2.05. The van der Waals surface area contributed by atoms with E-state index in [1.165, 1.54) is 0 Å². The minimum Gasteiger partial charge on any atom is -0.396 e. The van der Waals surface area contributed by atoms with Gasteiger partial charge in [0.25, 0.3) is 0 Å². The highest BCUT2D eigenvalue weighted by Crippen LogP contribution is 2.20. The fourth-order valence-electron chi connectivity index (χ4n) is 1.33. The Labute approximate surface area is 80.4 Å². The summed E-state index contributed by atoms with van der Waals surface area (Å²) in [5, 5.41) is 27.8. The molecule has 0 aliphatic carbocycles. The van der Waals surface area contributed by atoms with Gasteiger partial charge in [-0.2, -0.15) is 0 Å². The molecule has 3 N–H and O–H groups in total. The summed E-state index contributed by atoms with van der Waals surface area (Å²) < 4.78 is 0. The molecule has 3 nitrogen and oxygen atoms in total. The van der Waals surface area contributed by atoms with Gasteiger partial charge in [0.05, 0.1) is 11.7 Å². The lowest BCUT2D eigenvalue weighted by atomic mass is 9.91. The maximum Gasteiger partial charge on any atom is 0.0878 e. The van der Waals surface area contributed by atoms with Gasteiger partial charge in [0.15, 0.2) is 0 Å². The summed E-state index contributed by atoms with van der Waals surface area (Å²) >= 11 is 0. The number of aliphatic hydroxyl groups is 3. The Bertz CT molecular complexity index is 123. The highest BCUT2D eigenvalue weighted by atomic mass is 16.3. The molecule has 13 heavy (non-hydrogen) atoms. The van der Waals surface area contributed by atoms with Gasteiger partial charge in [0, 0.05) is 6.61 Å². The van der Waals surface area contributed by atoms with Crippen LogP contribution in [0.15, 0.2) is 0 Å². The highest BCUT2D eigenvalue weighted by Gasteiger charge is 2.28. The Morgan fingerprint density at radius 1 is 1.31 bits per heavy atom. The van der Waals surface area contributed by atoms with E-state index in [1.807, 2.05) is 0 Å². The third kappa shape index (κ3) is 5.24. The lowest BCUT2D eigenvalue weighted by Gasteiger charge is -2.28. The molecule has 80 valence electrons. The minimum atomic E-state index is -1.04. The summed E-state index contributed by atoms with van der Waals surface area (Å²) in [6, 6.07) is 0. The molecule has 0 aliphatic rings. The van der Waals surface area contributed by atoms with Crippen LogP contribution < -0.4 is 0 Å². The second-order valence-corrected chi connectivity index (χ2v) is 3.84. The molecular weight excluding hydrogens is 168 g/mol. The van der Waals surface area contributed by atoms with Crippen molar-refractivity contribution in [2.45, 2.75) is 57.7 Å². The molecule has 0 aromatic heterocycles. The lowest BCUT2D eigenvalue weighted by Crippen LogP contribution is -2.39. The predicted octanol–water partition coefficient (Wildman–Crippen LogP) is 1.06. The third-order valence-electron chi connectivity index (χ3n) is 2.41. The maximum atomic E-state index is 9.78. The van der Waals surface area contributed by atoms with Crippen LogP contribution >= 0.6 is 0 Å². The largest absolute Gasteiger partial charge is 0.396 e. The standard InChI is InChI=1S/C10H22O3/c1-3-4-5-7-10(2,13)9(12)6-8-11/h9,11-13H,3-8H2,1-2H3. The van der Waals surface area contributed by atoms with E-state index >= 15 is 0 Å². The van der Waals surface area contributed by atoms with Crippen molar-refractivity contribution >= 4 is 0 Å². The van der Waals surface area contributed by atoms with Crippen LogP contribution in [0.3, 0.4) is 0 Å². The molecule has 3 heteroatoms. The molecule has 0 aromatic carbocycles. The normalized spacial score (nSPS) is 18.2. The molecule has 0 heterocycles. The molecular formula is C10H22O3. The first-order chi connectivity index (χ1) is 6.04. The van der Waals surface area contributed by atoms with Crippen molar-refractivity contribution in [3.63, 3.8) is 0 Å². The van der Waals surface area contributed by atoms with Crippen molar-refractivity contribution in [3.05, 3.63) is 0 Å². The fourth-order valence-corrected chi connectivity index (χ4v) is 1.33. The quantitative estimate of drug-likeness (QED) is 0.526. The zero-order valence-electron chi connectivity index (χ0n) is 8.66. The van der Waals surface area contributed by atoms with Gasteiger partial charge in [-0.3, -0.25) is 0 Å². The molecule has 0 saturated heterocycles. The van der Waals surface area contributed by atoms with Crippen LogP contribution in [0.25, 0.3) is 0 Å². The van der Waals surface area contributed by atoms with Gasteiger partial charge in [-0.25, -0.2) is 0 Å². The molecule has 0 amide bonds. The van der Waals surface area contributed by atoms with Gasteiger partial charge in [-0.15, -0.1) is 0 Å². The molecule has 0 fully saturated rings. The summed E-state index contributed by atoms with van der Waals surface area (Å²) in [5.74, 6) is 0. The molecule has 0 aromatic rings. The molecule has 0 spiro atoms. The SMILES string of the molecule is CCCCCC(C)(O)C(O)CCO. The zero-order valence-corrected chi connectivity index (χ0v) is 8.66. The summed E-state index contributed by atoms with van der Waals surface area (Å²) in [6.07, 6.45) is 3.13. The second-order valence-electron chi connectivity index (χ2n) is 3.84. The van der Waals surface area contributed by atoms with E-state index < -0.39 is 11.7 Å². The molecule has 0 rings (SSSR count). The topological polar surface area (TPSA) is 60.7 Å². The number of unbranched alkanes of at least 4 members (excludes halogenated alkanes) is 2. The van der Waals surface area contributed by atoms with Crippen LogP contribution in [0.2, 0.25) is 0 Å². The number of aliphatic hydroxyl groups excluding tert-OH is 2. The van der Waals surface area contributed by atoms with Crippen LogP contribution in [0.5, 0.6) is 0 Å². The monoisotopic (exact) mass is 190 g/mol. The van der Waals surface area contributed by atoms with Crippen molar-refractivity contribution in [1.82, 2.24) is 0 Å². The van der Waals surface area contributed by atoms with Crippen molar-refractivity contribution in [2.24, 2.45) is 0 Å². The van der Waals surface area contributed by atoms with Crippen LogP contribution in [0.1, 0.15) is 46.0 Å². The zero-order chi connectivity index (χ0) is 10.3. The lowest BCUT2D eigenvalue weighted by molar-refractivity contribution is -0.0760. The third-order valence-corrected chi connectivity index (χ3v) is 2.41. The smallest absolute Gasteiger partial charge is 0.0878 e. The van der Waals surface area contributed by atoms with Crippen LogP contribution in [0, 0.1) is 0 Å². The minimum absolute atomic E-state index is 0.0783. The average molecular weight is 190 g/mol. The molecule has 0 radical (unpaired) electrons. The number of rotatable bonds is 7. The van der Waals surface area contributed by atoms with E-state index in [4.69, 9.17) is 5.11 Å². The number of hydrogen-bond donors (Lipinski definition) is 3. The molecule has 0 saturated carbocycles. The van der Waals surface area contributed by atoms with Crippen molar-refractivity contribution in [1.29, 1.82) is 0 Å². The predicted molar refractivity (Wildman–Crippen MR) is 52.5 cm³/mol. The summed E-state index contributed by atoms with van der Waals surface area (Å²) in [6.45, 7) is 3.65. The van der Waals surface area contributed by atoms with Gasteiger partial charge in [0.1, 0.15) is 0 Å². The summed E-state index contributed by atoms with van der Waals surface area (Å²) in [4.78, 5) is 0. The van der Waals surface area contributed by atoms with Crippen molar-refractivity contribution in [2.75, 3.05) is 6.61 Å². The first-order valence-electron chi connectivity index (χ1n) is 5.06. The van der Waals surface area contributed by atoms with Crippen LogP contribution in [-0.4, -0.2) is 33.6 Å². The summed E-state index contributed by atoms with van der Waals surface area (Å²) in [7, 11) is 0. The van der Waals surface area contributed by atoms with Crippen LogP contribution in [0.4, 0.5) is 0 Å². The van der Waals surface area contributed by atoms with Gasteiger partial charge in [-0.05, 0) is 19.8 Å². The van der Waals surface area contributed by atoms with Gasteiger partial charge in [0.2, 0.25) is 0 Å². The van der Waals surface area contributed by atoms with E-state index in [2.05, 4.69) is 6.92 Å². The maximum absolute atomic E-state index is 9.78. The fraction of sp³-hybridized carbons (Fsp3) is 1.00. The number of hydrogen-bond acceptors (Lipinski definition) is 3. The van der Waals surface area contributed by atoms with E-state index in [1.54, 1.807) is 6.92 Å². The second kappa shape index (κ2) is 6.35. The van der Waals surface area contributed by atoms with Gasteiger partial charge in [-0.1, -0.05) is 26.2 Å². The molecule has 0 bridgehead atoms. The van der Waals surface area contributed by atoms with Gasteiger partial charge < -0.3 is 15.3 Å². The molecule has 2 unspecified atom stereocenters. The molecule has 2 atom stereocenters. The Morgan fingerprint density at radius 3 is 2.38 bits per heavy atom. The van der Waals surface area contributed by atoms with Crippen molar-refractivity contribution in [3.8, 4) is 0 Å². The summed E-state index contributed by atoms with van der Waals surface area (Å²) in [5.41, 5.74) is -1.04. The molecule has 0 aliphatic heterocycles. The first kappa shape index (κ1) is 12.9. The van der Waals surface area contributed by atoms with E-state index in [9.17, 15) is 10.2 Å². The Hall–Kier alpha value is -0.120. The Kier molecular flexibility index (Phi) is 6.29. The van der Waals surface area contributed by atoms with Crippen molar-refractivity contribution < 1.29 is 15.3 Å². The van der Waals surface area contributed by atoms with Crippen LogP contribution in [-0.2, 0) is 0 Å². The van der Waals surface area contributed by atoms with Gasteiger partial charge >= 0.3 is 0 Å².